The summed E-state index contributed by atoms with van der Waals surface area (Å²) in [6.45, 7) is 5.24. The number of rotatable bonds is 4. The maximum atomic E-state index is 11.8. The second-order valence-electron chi connectivity index (χ2n) is 3.16. The summed E-state index contributed by atoms with van der Waals surface area (Å²) in [6, 6.07) is 4.34. The van der Waals surface area contributed by atoms with Crippen LogP contribution in [-0.2, 0) is 9.53 Å². The number of hydrogen-bond donors (Lipinski definition) is 0. The molecule has 90 valence electrons. The SMILES string of the molecule is C=C(C(=O)OCC)C(=O)c1ccc(Cl)c(Cl)c1. The average Bonchev–Trinajstić information content (AvgIpc) is 2.31. The Bertz CT molecular complexity index is 481. The quantitative estimate of drug-likeness (QED) is 0.278. The smallest absolute Gasteiger partial charge is 0.341 e. The number of ketones is 1. The van der Waals surface area contributed by atoms with E-state index in [4.69, 9.17) is 23.2 Å². The number of ether oxygens (including phenoxy) is 1. The fourth-order valence-corrected chi connectivity index (χ4v) is 1.42. The van der Waals surface area contributed by atoms with Gasteiger partial charge in [-0.3, -0.25) is 4.79 Å². The van der Waals surface area contributed by atoms with Gasteiger partial charge < -0.3 is 4.74 Å². The van der Waals surface area contributed by atoms with Crippen molar-refractivity contribution in [3.8, 4) is 0 Å². The van der Waals surface area contributed by atoms with Crippen LogP contribution in [0.1, 0.15) is 17.3 Å². The van der Waals surface area contributed by atoms with E-state index in [9.17, 15) is 9.59 Å². The molecule has 0 saturated carbocycles. The number of benzene rings is 1. The summed E-state index contributed by atoms with van der Waals surface area (Å²) in [7, 11) is 0. The molecule has 0 unspecified atom stereocenters. The van der Waals surface area contributed by atoms with Gasteiger partial charge in [-0.2, -0.15) is 0 Å². The van der Waals surface area contributed by atoms with Crippen LogP contribution in [-0.4, -0.2) is 18.4 Å². The summed E-state index contributed by atoms with van der Waals surface area (Å²) < 4.78 is 4.68. The predicted octanol–water partition coefficient (Wildman–Crippen LogP) is 3.30. The van der Waals surface area contributed by atoms with Gasteiger partial charge in [0, 0.05) is 5.56 Å². The third-order valence-electron chi connectivity index (χ3n) is 1.98. The Morgan fingerprint density at radius 1 is 1.29 bits per heavy atom. The van der Waals surface area contributed by atoms with Crippen molar-refractivity contribution >= 4 is 35.0 Å². The lowest BCUT2D eigenvalue weighted by Crippen LogP contribution is -2.15. The lowest BCUT2D eigenvalue weighted by atomic mass is 10.1. The minimum Gasteiger partial charge on any atom is -0.462 e. The van der Waals surface area contributed by atoms with E-state index in [1.54, 1.807) is 6.92 Å². The van der Waals surface area contributed by atoms with E-state index in [1.165, 1.54) is 18.2 Å². The number of esters is 1. The molecule has 17 heavy (non-hydrogen) atoms. The molecule has 5 heteroatoms. The fraction of sp³-hybridized carbons (Fsp3) is 0.167. The lowest BCUT2D eigenvalue weighted by molar-refractivity contribution is -0.138. The third-order valence-corrected chi connectivity index (χ3v) is 2.72. The number of Topliss-reactive ketones (excluding diaryl/α,β-unsaturated/α-hetero) is 1. The zero-order valence-electron chi connectivity index (χ0n) is 9.13. The first-order valence-corrected chi connectivity index (χ1v) is 5.58. The maximum absolute atomic E-state index is 11.8. The molecule has 3 nitrogen and oxygen atoms in total. The Morgan fingerprint density at radius 3 is 2.47 bits per heavy atom. The van der Waals surface area contributed by atoms with Crippen LogP contribution in [0.25, 0.3) is 0 Å². The Kier molecular flexibility index (Phi) is 4.73. The standard InChI is InChI=1S/C12H10Cl2O3/c1-3-17-12(16)7(2)11(15)8-4-5-9(13)10(14)6-8/h4-6H,2-3H2,1H3. The van der Waals surface area contributed by atoms with Crippen LogP contribution in [0.3, 0.4) is 0 Å². The second kappa shape index (κ2) is 5.84. The highest BCUT2D eigenvalue weighted by Gasteiger charge is 2.19. The monoisotopic (exact) mass is 272 g/mol. The van der Waals surface area contributed by atoms with E-state index >= 15 is 0 Å². The van der Waals surface area contributed by atoms with Crippen molar-refractivity contribution in [3.05, 3.63) is 46.0 Å². The lowest BCUT2D eigenvalue weighted by Gasteiger charge is -2.05. The first-order valence-electron chi connectivity index (χ1n) is 4.83. The molecule has 0 amide bonds. The molecule has 0 bridgehead atoms. The van der Waals surface area contributed by atoms with Gasteiger partial charge in [-0.25, -0.2) is 4.79 Å². The molecular formula is C12H10Cl2O3. The van der Waals surface area contributed by atoms with Crippen molar-refractivity contribution in [2.75, 3.05) is 6.61 Å². The third kappa shape index (κ3) is 3.32. The fourth-order valence-electron chi connectivity index (χ4n) is 1.12. The first-order chi connectivity index (χ1) is 7.97. The molecule has 0 spiro atoms. The Hall–Kier alpha value is -1.32. The highest BCUT2D eigenvalue weighted by atomic mass is 35.5. The minimum absolute atomic E-state index is 0.187. The molecule has 0 saturated heterocycles. The van der Waals surface area contributed by atoms with Gasteiger partial charge in [0.1, 0.15) is 5.57 Å². The normalized spacial score (nSPS) is 9.82. The van der Waals surface area contributed by atoms with Gasteiger partial charge in [0.05, 0.1) is 16.7 Å². The van der Waals surface area contributed by atoms with Gasteiger partial charge in [0.2, 0.25) is 0 Å². The van der Waals surface area contributed by atoms with Gasteiger partial charge in [-0.05, 0) is 25.1 Å². The summed E-state index contributed by atoms with van der Waals surface area (Å²) in [4.78, 5) is 23.1. The van der Waals surface area contributed by atoms with Gasteiger partial charge in [-0.1, -0.05) is 29.8 Å². The maximum Gasteiger partial charge on any atom is 0.341 e. The van der Waals surface area contributed by atoms with E-state index in [2.05, 4.69) is 11.3 Å². The summed E-state index contributed by atoms with van der Waals surface area (Å²) >= 11 is 11.5. The molecule has 0 atom stereocenters. The topological polar surface area (TPSA) is 43.4 Å². The van der Waals surface area contributed by atoms with E-state index in [0.29, 0.717) is 5.02 Å². The zero-order chi connectivity index (χ0) is 13.0. The van der Waals surface area contributed by atoms with Gasteiger partial charge in [-0.15, -0.1) is 0 Å². The molecule has 0 fully saturated rings. The van der Waals surface area contributed by atoms with Gasteiger partial charge in [0.15, 0.2) is 5.78 Å². The van der Waals surface area contributed by atoms with Crippen LogP contribution in [0, 0.1) is 0 Å². The summed E-state index contributed by atoms with van der Waals surface area (Å²) in [5.41, 5.74) is 0.0164. The number of carbonyl (C=O) groups excluding carboxylic acids is 2. The molecule has 0 aliphatic heterocycles. The van der Waals surface area contributed by atoms with Crippen molar-refractivity contribution in [1.82, 2.24) is 0 Å². The Morgan fingerprint density at radius 2 is 1.94 bits per heavy atom. The van der Waals surface area contributed by atoms with Crippen molar-refractivity contribution in [2.24, 2.45) is 0 Å². The highest BCUT2D eigenvalue weighted by Crippen LogP contribution is 2.23. The summed E-state index contributed by atoms with van der Waals surface area (Å²) in [5.74, 6) is -1.26. The molecule has 1 aromatic carbocycles. The van der Waals surface area contributed by atoms with Crippen LogP contribution in [0.2, 0.25) is 10.0 Å². The molecule has 1 rings (SSSR count). The first kappa shape index (κ1) is 13.7. The second-order valence-corrected chi connectivity index (χ2v) is 3.97. The Balaban J connectivity index is 2.93. The molecule has 1 aromatic rings. The molecule has 0 heterocycles. The zero-order valence-corrected chi connectivity index (χ0v) is 10.6. The predicted molar refractivity (Wildman–Crippen MR) is 66.6 cm³/mol. The number of hydrogen-bond acceptors (Lipinski definition) is 3. The van der Waals surface area contributed by atoms with Crippen molar-refractivity contribution < 1.29 is 14.3 Å². The highest BCUT2D eigenvalue weighted by molar-refractivity contribution is 6.42. The van der Waals surface area contributed by atoms with Gasteiger partial charge >= 0.3 is 5.97 Å². The largest absolute Gasteiger partial charge is 0.462 e. The van der Waals surface area contributed by atoms with E-state index in [-0.39, 0.29) is 22.8 Å². The van der Waals surface area contributed by atoms with Crippen molar-refractivity contribution in [2.45, 2.75) is 6.92 Å². The average molecular weight is 273 g/mol. The van der Waals surface area contributed by atoms with Gasteiger partial charge in [0.25, 0.3) is 0 Å². The molecule has 0 aromatic heterocycles. The molecule has 0 aliphatic carbocycles. The molecule has 0 radical (unpaired) electrons. The number of halogens is 2. The van der Waals surface area contributed by atoms with Crippen LogP contribution >= 0.6 is 23.2 Å². The molecule has 0 N–H and O–H groups in total. The van der Waals surface area contributed by atoms with E-state index in [1.807, 2.05) is 0 Å². The van der Waals surface area contributed by atoms with Crippen LogP contribution in [0.15, 0.2) is 30.4 Å². The summed E-state index contributed by atoms with van der Waals surface area (Å²) in [6.07, 6.45) is 0. The Labute approximate surface area is 109 Å². The van der Waals surface area contributed by atoms with Crippen molar-refractivity contribution in [1.29, 1.82) is 0 Å². The minimum atomic E-state index is -0.733. The van der Waals surface area contributed by atoms with Crippen LogP contribution in [0.4, 0.5) is 0 Å². The number of carbonyl (C=O) groups is 2. The van der Waals surface area contributed by atoms with E-state index in [0.717, 1.165) is 0 Å². The van der Waals surface area contributed by atoms with Crippen LogP contribution in [0.5, 0.6) is 0 Å². The molecule has 0 aliphatic rings. The van der Waals surface area contributed by atoms with E-state index < -0.39 is 11.8 Å². The van der Waals surface area contributed by atoms with Crippen molar-refractivity contribution in [3.63, 3.8) is 0 Å². The molecular weight excluding hydrogens is 263 g/mol. The summed E-state index contributed by atoms with van der Waals surface area (Å²) in [5, 5.41) is 0.583. The van der Waals surface area contributed by atoms with Crippen LogP contribution < -0.4 is 0 Å².